The Bertz CT molecular complexity index is 511. The van der Waals surface area contributed by atoms with Crippen molar-refractivity contribution in [1.29, 1.82) is 0 Å². The van der Waals surface area contributed by atoms with Gasteiger partial charge in [-0.3, -0.25) is 0 Å². The Morgan fingerprint density at radius 1 is 1.42 bits per heavy atom. The third kappa shape index (κ3) is 4.44. The number of halogens is 3. The molecule has 2 N–H and O–H groups in total. The maximum atomic E-state index is 12.4. The molecule has 0 aromatic carbocycles. The van der Waals surface area contributed by atoms with Crippen molar-refractivity contribution in [1.82, 2.24) is 4.31 Å². The van der Waals surface area contributed by atoms with Crippen molar-refractivity contribution in [2.24, 2.45) is 5.73 Å². The first-order valence-corrected chi connectivity index (χ1v) is 7.87. The summed E-state index contributed by atoms with van der Waals surface area (Å²) < 4.78 is 61.9. The molecule has 1 aromatic rings. The molecule has 0 amide bonds. The lowest BCUT2D eigenvalue weighted by atomic mass is 10.4. The molecule has 4 nitrogen and oxygen atoms in total. The summed E-state index contributed by atoms with van der Waals surface area (Å²) in [6, 6.07) is 1.32. The maximum absolute atomic E-state index is 12.4. The zero-order chi connectivity index (χ0) is 14.7. The number of hydrogen-bond acceptors (Lipinski definition) is 4. The van der Waals surface area contributed by atoms with Crippen LogP contribution < -0.4 is 5.73 Å². The number of alkyl halides is 3. The van der Waals surface area contributed by atoms with Gasteiger partial charge in [0.15, 0.2) is 0 Å². The number of nitrogens with zero attached hydrogens (tertiary/aromatic N) is 1. The zero-order valence-corrected chi connectivity index (χ0v) is 11.9. The molecule has 1 rings (SSSR count). The van der Waals surface area contributed by atoms with Crippen LogP contribution in [0.4, 0.5) is 13.2 Å². The molecule has 0 spiro atoms. The van der Waals surface area contributed by atoms with Crippen LogP contribution in [-0.2, 0) is 16.6 Å². The maximum Gasteiger partial charge on any atom is 0.402 e. The van der Waals surface area contributed by atoms with Gasteiger partial charge < -0.3 is 5.73 Å². The highest BCUT2D eigenvalue weighted by molar-refractivity contribution is 7.91. The predicted octanol–water partition coefficient (Wildman–Crippen LogP) is 2.17. The Balaban J connectivity index is 3.05. The average Bonchev–Trinajstić information content (AvgIpc) is 2.75. The van der Waals surface area contributed by atoms with E-state index >= 15 is 0 Å². The third-order valence-electron chi connectivity index (χ3n) is 2.29. The van der Waals surface area contributed by atoms with Crippen LogP contribution in [0.2, 0.25) is 0 Å². The van der Waals surface area contributed by atoms with Crippen LogP contribution in [0.3, 0.4) is 0 Å². The van der Waals surface area contributed by atoms with Crippen LogP contribution in [0.25, 0.3) is 0 Å². The molecule has 0 aliphatic rings. The fourth-order valence-electron chi connectivity index (χ4n) is 1.46. The van der Waals surface area contributed by atoms with E-state index in [-0.39, 0.29) is 17.3 Å². The molecule has 0 radical (unpaired) electrons. The van der Waals surface area contributed by atoms with Crippen molar-refractivity contribution in [3.05, 3.63) is 17.0 Å². The molecule has 0 fully saturated rings. The van der Waals surface area contributed by atoms with Gasteiger partial charge in [0.2, 0.25) is 0 Å². The van der Waals surface area contributed by atoms with Crippen molar-refractivity contribution < 1.29 is 21.6 Å². The van der Waals surface area contributed by atoms with Gasteiger partial charge >= 0.3 is 6.18 Å². The van der Waals surface area contributed by atoms with Gasteiger partial charge in [-0.15, -0.1) is 11.3 Å². The molecular formula is C10H15F3N2O2S2. The topological polar surface area (TPSA) is 63.4 Å². The van der Waals surface area contributed by atoms with Gasteiger partial charge in [-0.05, 0) is 23.4 Å². The van der Waals surface area contributed by atoms with E-state index < -0.39 is 22.7 Å². The lowest BCUT2D eigenvalue weighted by Gasteiger charge is -2.21. The molecule has 0 bridgehead atoms. The summed E-state index contributed by atoms with van der Waals surface area (Å²) in [5, 5.41) is 1.53. The molecule has 9 heteroatoms. The quantitative estimate of drug-likeness (QED) is 0.875. The van der Waals surface area contributed by atoms with E-state index in [0.29, 0.717) is 16.3 Å². The Labute approximate surface area is 114 Å². The summed E-state index contributed by atoms with van der Waals surface area (Å²) in [6.07, 6.45) is -4.25. The minimum atomic E-state index is -4.56. The van der Waals surface area contributed by atoms with E-state index in [4.69, 9.17) is 5.73 Å². The Hall–Kier alpha value is -0.640. The summed E-state index contributed by atoms with van der Waals surface area (Å²) in [5.74, 6) is 0. The molecule has 0 aliphatic carbocycles. The smallest absolute Gasteiger partial charge is 0.326 e. The highest BCUT2D eigenvalue weighted by Crippen LogP contribution is 2.27. The van der Waals surface area contributed by atoms with Gasteiger partial charge in [0.1, 0.15) is 10.8 Å². The second-order valence-electron chi connectivity index (χ2n) is 3.93. The number of nitrogens with two attached hydrogens (primary N) is 1. The molecule has 1 heterocycles. The monoisotopic (exact) mass is 316 g/mol. The number of thiophene rings is 1. The van der Waals surface area contributed by atoms with E-state index in [1.807, 2.05) is 0 Å². The van der Waals surface area contributed by atoms with Crippen molar-refractivity contribution >= 4 is 21.4 Å². The normalized spacial score (nSPS) is 13.2. The van der Waals surface area contributed by atoms with Gasteiger partial charge in [-0.1, -0.05) is 6.92 Å². The van der Waals surface area contributed by atoms with Crippen LogP contribution >= 0.6 is 11.3 Å². The van der Waals surface area contributed by atoms with Crippen molar-refractivity contribution in [3.8, 4) is 0 Å². The standard InChI is InChI=1S/C10H15F3N2O2S2/c1-2-3-15(7-10(11,12)13)19(16,17)9-4-8(5-14)6-18-9/h4,6H,2-3,5,7,14H2,1H3. The van der Waals surface area contributed by atoms with E-state index in [9.17, 15) is 21.6 Å². The summed E-state index contributed by atoms with van der Waals surface area (Å²) in [6.45, 7) is 0.133. The second kappa shape index (κ2) is 6.21. The van der Waals surface area contributed by atoms with Crippen LogP contribution in [0.1, 0.15) is 18.9 Å². The minimum Gasteiger partial charge on any atom is -0.326 e. The molecule has 110 valence electrons. The van der Waals surface area contributed by atoms with E-state index in [0.717, 1.165) is 11.3 Å². The van der Waals surface area contributed by atoms with Crippen molar-refractivity contribution in [2.75, 3.05) is 13.1 Å². The number of hydrogen-bond donors (Lipinski definition) is 1. The SMILES string of the molecule is CCCN(CC(F)(F)F)S(=O)(=O)c1cc(CN)cs1. The van der Waals surface area contributed by atoms with Crippen LogP contribution in [0.15, 0.2) is 15.7 Å². The third-order valence-corrected chi connectivity index (χ3v) is 5.60. The van der Waals surface area contributed by atoms with E-state index in [1.165, 1.54) is 11.4 Å². The largest absolute Gasteiger partial charge is 0.402 e. The lowest BCUT2D eigenvalue weighted by Crippen LogP contribution is -2.39. The van der Waals surface area contributed by atoms with Crippen LogP contribution in [-0.4, -0.2) is 32.0 Å². The van der Waals surface area contributed by atoms with Gasteiger partial charge in [0.25, 0.3) is 10.0 Å². The molecule has 0 saturated heterocycles. The molecule has 0 unspecified atom stereocenters. The first kappa shape index (κ1) is 16.4. The fraction of sp³-hybridized carbons (Fsp3) is 0.600. The first-order chi connectivity index (χ1) is 8.70. The Kier molecular flexibility index (Phi) is 5.36. The fourth-order valence-corrected chi connectivity index (χ4v) is 4.35. The van der Waals surface area contributed by atoms with E-state index in [1.54, 1.807) is 6.92 Å². The highest BCUT2D eigenvalue weighted by atomic mass is 32.2. The number of sulfonamides is 1. The van der Waals surface area contributed by atoms with Gasteiger partial charge in [-0.25, -0.2) is 8.42 Å². The second-order valence-corrected chi connectivity index (χ2v) is 7.01. The summed E-state index contributed by atoms with van der Waals surface area (Å²) in [7, 11) is -4.11. The highest BCUT2D eigenvalue weighted by Gasteiger charge is 2.37. The van der Waals surface area contributed by atoms with E-state index in [2.05, 4.69) is 0 Å². The summed E-state index contributed by atoms with van der Waals surface area (Å²) in [4.78, 5) is 0. The molecule has 0 aliphatic heterocycles. The molecule has 0 atom stereocenters. The Morgan fingerprint density at radius 2 is 2.05 bits per heavy atom. The molecule has 19 heavy (non-hydrogen) atoms. The number of rotatable bonds is 6. The first-order valence-electron chi connectivity index (χ1n) is 5.55. The molecular weight excluding hydrogens is 301 g/mol. The van der Waals surface area contributed by atoms with Crippen molar-refractivity contribution in [3.63, 3.8) is 0 Å². The Morgan fingerprint density at radius 3 is 2.47 bits per heavy atom. The summed E-state index contributed by atoms with van der Waals surface area (Å²) >= 11 is 0.884. The van der Waals surface area contributed by atoms with Gasteiger partial charge in [0.05, 0.1) is 0 Å². The lowest BCUT2D eigenvalue weighted by molar-refractivity contribution is -0.136. The molecule has 0 saturated carbocycles. The summed E-state index contributed by atoms with van der Waals surface area (Å²) in [5.41, 5.74) is 5.95. The zero-order valence-electron chi connectivity index (χ0n) is 10.3. The van der Waals surface area contributed by atoms with Gasteiger partial charge in [-0.2, -0.15) is 17.5 Å². The predicted molar refractivity (Wildman–Crippen MR) is 67.3 cm³/mol. The van der Waals surface area contributed by atoms with Crippen LogP contribution in [0, 0.1) is 0 Å². The average molecular weight is 316 g/mol. The molecule has 1 aromatic heterocycles. The van der Waals surface area contributed by atoms with Crippen molar-refractivity contribution in [2.45, 2.75) is 30.3 Å². The van der Waals surface area contributed by atoms with Gasteiger partial charge in [0, 0.05) is 13.1 Å². The van der Waals surface area contributed by atoms with Crippen LogP contribution in [0.5, 0.6) is 0 Å². The minimum absolute atomic E-state index is 0.106.